The van der Waals surface area contributed by atoms with Gasteiger partial charge < -0.3 is 22.4 Å². The lowest BCUT2D eigenvalue weighted by Crippen LogP contribution is -2.65. The molecule has 9 nitrogen and oxygen atoms in total. The van der Waals surface area contributed by atoms with E-state index in [4.69, 9.17) is 22.4 Å². The minimum Gasteiger partial charge on any atom is -0.414 e. The third kappa shape index (κ3) is 7.19. The van der Waals surface area contributed by atoms with Gasteiger partial charge in [-0.2, -0.15) is 0 Å². The second kappa shape index (κ2) is 14.6. The zero-order valence-corrected chi connectivity index (χ0v) is 32.7. The van der Waals surface area contributed by atoms with E-state index in [0.29, 0.717) is 28.0 Å². The predicted octanol–water partition coefficient (Wildman–Crippen LogP) is 9.03. The first-order chi connectivity index (χ1) is 22.3. The molecule has 2 fully saturated rings. The Balaban J connectivity index is 1.42. The van der Waals surface area contributed by atoms with E-state index in [9.17, 15) is 9.59 Å². The van der Waals surface area contributed by atoms with E-state index in [1.165, 1.54) is 11.0 Å². The molecule has 0 unspecified atom stereocenters. The lowest BCUT2D eigenvalue weighted by atomic mass is 10.2. The molecule has 3 atom stereocenters. The number of nitrogens with zero attached hydrogens (tertiary/aromatic N) is 2. The van der Waals surface area contributed by atoms with Gasteiger partial charge in [0.25, 0.3) is 5.56 Å². The minimum absolute atomic E-state index is 0.182. The van der Waals surface area contributed by atoms with Gasteiger partial charge in [-0.25, -0.2) is 9.69 Å². The summed E-state index contributed by atoms with van der Waals surface area (Å²) in [5, 5.41) is 0. The molecule has 2 aliphatic heterocycles. The van der Waals surface area contributed by atoms with Crippen LogP contribution < -0.4 is 15.2 Å². The van der Waals surface area contributed by atoms with E-state index in [2.05, 4.69) is 78.0 Å². The van der Waals surface area contributed by atoms with Gasteiger partial charge in [0.1, 0.15) is 12.3 Å². The Hall–Kier alpha value is -2.34. The van der Waals surface area contributed by atoms with Crippen molar-refractivity contribution in [2.75, 3.05) is 11.5 Å². The Morgan fingerprint density at radius 1 is 0.851 bits per heavy atom. The third-order valence-corrected chi connectivity index (χ3v) is 20.3. The average molecular weight is 791 g/mol. The van der Waals surface area contributed by atoms with Crippen LogP contribution in [0, 0.1) is 3.57 Å². The van der Waals surface area contributed by atoms with Crippen LogP contribution in [0.3, 0.4) is 0 Å². The molecule has 1 aromatic heterocycles. The quantitative estimate of drug-likeness (QED) is 0.166. The van der Waals surface area contributed by atoms with Crippen LogP contribution in [0.4, 0.5) is 16.2 Å². The van der Waals surface area contributed by atoms with Crippen LogP contribution in [0.15, 0.2) is 77.7 Å². The van der Waals surface area contributed by atoms with E-state index < -0.39 is 29.4 Å². The first-order valence-corrected chi connectivity index (χ1v) is 21.5. The van der Waals surface area contributed by atoms with Crippen molar-refractivity contribution in [2.45, 2.75) is 102 Å². The number of anilines is 2. The second-order valence-corrected chi connectivity index (χ2v) is 23.6. The number of ether oxygens (including phenoxy) is 2. The van der Waals surface area contributed by atoms with Crippen molar-refractivity contribution >= 4 is 57.2 Å². The van der Waals surface area contributed by atoms with Gasteiger partial charge in [0.2, 0.25) is 0 Å². The van der Waals surface area contributed by atoms with E-state index in [1.54, 1.807) is 10.8 Å². The summed E-state index contributed by atoms with van der Waals surface area (Å²) in [4.78, 5) is 28.7. The molecular weight excluding hydrogens is 743 g/mol. The standard InChI is InChI=1S/C35H47IN2O7Si2/c1-23(2)46(24(3)4)41-22-32-31(44-47(45-46,25(5)6)26(7)8)20-34(42-32)37-21-29(36)30(19-33(37)39)43-35(40)38(27-15-11-9-12-16-27)28-17-13-10-14-18-28/h9-19,21,23-26,31-32,34H,20,22H2,1-8H3/t31-,32+,34+/m0/s1. The predicted molar refractivity (Wildman–Crippen MR) is 197 cm³/mol. The number of carbonyl (C=O) groups is 1. The van der Waals surface area contributed by atoms with E-state index in [1.807, 2.05) is 60.7 Å². The van der Waals surface area contributed by atoms with E-state index in [0.717, 1.165) is 0 Å². The van der Waals surface area contributed by atoms with Crippen molar-refractivity contribution < 1.29 is 27.2 Å². The fourth-order valence-electron chi connectivity index (χ4n) is 6.77. The van der Waals surface area contributed by atoms with Crippen molar-refractivity contribution in [3.8, 4) is 5.75 Å². The Morgan fingerprint density at radius 3 is 1.89 bits per heavy atom. The number of hydrogen-bond donors (Lipinski definition) is 0. The van der Waals surface area contributed by atoms with Crippen molar-refractivity contribution in [3.05, 3.63) is 86.9 Å². The Bertz CT molecular complexity index is 1530. The Labute approximate surface area is 294 Å². The third-order valence-electron chi connectivity index (χ3n) is 9.24. The molecule has 3 aromatic rings. The van der Waals surface area contributed by atoms with Crippen LogP contribution in [0.5, 0.6) is 5.75 Å². The van der Waals surface area contributed by atoms with Crippen LogP contribution in [-0.2, 0) is 17.7 Å². The van der Waals surface area contributed by atoms with Gasteiger partial charge in [-0.05, 0) is 69.0 Å². The summed E-state index contributed by atoms with van der Waals surface area (Å²) in [6, 6.07) is 19.9. The molecule has 0 N–H and O–H groups in total. The van der Waals surface area contributed by atoms with Gasteiger partial charge in [-0.1, -0.05) is 91.8 Å². The maximum Gasteiger partial charge on any atom is 0.424 e. The first-order valence-electron chi connectivity index (χ1n) is 16.5. The zero-order chi connectivity index (χ0) is 34.1. The molecule has 0 radical (unpaired) electrons. The Kier molecular flexibility index (Phi) is 11.2. The largest absolute Gasteiger partial charge is 0.424 e. The highest BCUT2D eigenvalue weighted by Gasteiger charge is 2.60. The summed E-state index contributed by atoms with van der Waals surface area (Å²) in [5.41, 5.74) is 1.80. The topological polar surface area (TPSA) is 88.5 Å². The lowest BCUT2D eigenvalue weighted by molar-refractivity contribution is -0.0563. The number of aromatic nitrogens is 1. The fraction of sp³-hybridized carbons (Fsp3) is 0.486. The lowest BCUT2D eigenvalue weighted by Gasteiger charge is -2.51. The van der Waals surface area contributed by atoms with Gasteiger partial charge in [0, 0.05) is 18.7 Å². The maximum atomic E-state index is 13.6. The fourth-order valence-corrected chi connectivity index (χ4v) is 18.6. The Morgan fingerprint density at radius 2 is 1.38 bits per heavy atom. The first kappa shape index (κ1) is 36.0. The highest BCUT2D eigenvalue weighted by atomic mass is 127. The summed E-state index contributed by atoms with van der Waals surface area (Å²) in [7, 11) is -5.52. The summed E-state index contributed by atoms with van der Waals surface area (Å²) in [6.45, 7) is 17.9. The number of amides is 1. The molecule has 47 heavy (non-hydrogen) atoms. The van der Waals surface area contributed by atoms with E-state index >= 15 is 0 Å². The minimum atomic E-state index is -2.81. The number of carbonyl (C=O) groups excluding carboxylic acids is 1. The summed E-state index contributed by atoms with van der Waals surface area (Å²) in [6.07, 6.45) is 0.362. The van der Waals surface area contributed by atoms with Crippen molar-refractivity contribution in [2.24, 2.45) is 0 Å². The normalized spacial score (nSPS) is 22.3. The number of halogens is 1. The molecular formula is C35H47IN2O7Si2. The number of para-hydroxylation sites is 2. The SMILES string of the molecule is CC(C)[Si]1(C(C)C)OC[C@H]2O[C@@H](n3cc(I)c(OC(=O)N(c4ccccc4)c4ccccc4)cc3=O)C[C@@H]2O[Si](C(C)C)(C(C)C)O1. The molecule has 5 rings (SSSR count). The molecule has 254 valence electrons. The highest BCUT2D eigenvalue weighted by Crippen LogP contribution is 2.48. The zero-order valence-electron chi connectivity index (χ0n) is 28.5. The number of fused-ring (bicyclic) bond motifs is 1. The number of benzene rings is 2. The van der Waals surface area contributed by atoms with Crippen molar-refractivity contribution in [1.29, 1.82) is 0 Å². The van der Waals surface area contributed by atoms with Crippen LogP contribution >= 0.6 is 22.6 Å². The van der Waals surface area contributed by atoms with Gasteiger partial charge in [0.05, 0.1) is 27.7 Å². The van der Waals surface area contributed by atoms with Gasteiger partial charge >= 0.3 is 23.2 Å². The molecule has 1 amide bonds. The van der Waals surface area contributed by atoms with Gasteiger partial charge in [0.15, 0.2) is 5.75 Å². The number of rotatable bonds is 8. The number of hydrogen-bond acceptors (Lipinski definition) is 7. The molecule has 2 aliphatic rings. The monoisotopic (exact) mass is 790 g/mol. The van der Waals surface area contributed by atoms with Gasteiger partial charge in [-0.15, -0.1) is 0 Å². The van der Waals surface area contributed by atoms with Crippen molar-refractivity contribution in [1.82, 2.24) is 4.57 Å². The maximum absolute atomic E-state index is 13.6. The summed E-state index contributed by atoms with van der Waals surface area (Å²) in [5.74, 6) is 0.182. The molecule has 12 heteroatoms. The van der Waals surface area contributed by atoms with Gasteiger partial charge in [-0.3, -0.25) is 9.36 Å². The number of pyridine rings is 1. The highest BCUT2D eigenvalue weighted by molar-refractivity contribution is 14.1. The molecule has 3 heterocycles. The molecule has 0 spiro atoms. The van der Waals surface area contributed by atoms with E-state index in [-0.39, 0.29) is 45.7 Å². The molecule has 0 bridgehead atoms. The van der Waals surface area contributed by atoms with Crippen molar-refractivity contribution in [3.63, 3.8) is 0 Å². The molecule has 0 saturated carbocycles. The molecule has 2 aromatic carbocycles. The smallest absolute Gasteiger partial charge is 0.414 e. The van der Waals surface area contributed by atoms with Crippen LogP contribution in [-0.4, -0.2) is 46.6 Å². The molecule has 0 aliphatic carbocycles. The average Bonchev–Trinajstić information content (AvgIpc) is 3.40. The summed E-state index contributed by atoms with van der Waals surface area (Å²) < 4.78 is 35.9. The molecule has 2 saturated heterocycles. The van der Waals surface area contributed by atoms with Crippen LogP contribution in [0.2, 0.25) is 22.2 Å². The van der Waals surface area contributed by atoms with Crippen LogP contribution in [0.25, 0.3) is 0 Å². The van der Waals surface area contributed by atoms with Crippen LogP contribution in [0.1, 0.15) is 68.0 Å². The second-order valence-electron chi connectivity index (χ2n) is 13.6. The summed E-state index contributed by atoms with van der Waals surface area (Å²) >= 11 is 2.10.